The van der Waals surface area contributed by atoms with Crippen molar-refractivity contribution in [2.24, 2.45) is 0 Å². The number of amides is 1. The van der Waals surface area contributed by atoms with Crippen molar-refractivity contribution in [1.82, 2.24) is 4.90 Å². The van der Waals surface area contributed by atoms with E-state index >= 15 is 0 Å². The Kier molecular flexibility index (Phi) is 4.44. The molecule has 0 spiro atoms. The molecule has 0 N–H and O–H groups in total. The largest absolute Gasteiger partial charge is 0.491 e. The molecule has 1 aliphatic rings. The lowest BCUT2D eigenvalue weighted by atomic mass is 10.2. The van der Waals surface area contributed by atoms with Crippen LogP contribution in [0, 0.1) is 6.92 Å². The topological polar surface area (TPSA) is 51.9 Å². The van der Waals surface area contributed by atoms with Crippen molar-refractivity contribution >= 4 is 5.91 Å². The number of benzene rings is 1. The maximum Gasteiger partial charge on any atom is 0.257 e. The molecule has 3 rings (SSSR count). The van der Waals surface area contributed by atoms with Gasteiger partial charge in [-0.2, -0.15) is 0 Å². The van der Waals surface area contributed by atoms with Gasteiger partial charge in [0, 0.05) is 6.54 Å². The number of para-hydroxylation sites is 1. The van der Waals surface area contributed by atoms with E-state index in [4.69, 9.17) is 13.9 Å². The Labute approximate surface area is 129 Å². The lowest BCUT2D eigenvalue weighted by molar-refractivity contribution is -0.0401. The summed E-state index contributed by atoms with van der Waals surface area (Å²) in [5.74, 6) is 1.44. The summed E-state index contributed by atoms with van der Waals surface area (Å²) in [4.78, 5) is 14.3. The number of hydrogen-bond donors (Lipinski definition) is 0. The number of carbonyl (C=O) groups is 1. The summed E-state index contributed by atoms with van der Waals surface area (Å²) in [5, 5.41) is 0. The first-order valence-corrected chi connectivity index (χ1v) is 7.37. The molecule has 1 amide bonds. The summed E-state index contributed by atoms with van der Waals surface area (Å²) >= 11 is 0. The Morgan fingerprint density at radius 2 is 2.14 bits per heavy atom. The predicted molar refractivity (Wildman–Crippen MR) is 81.0 cm³/mol. The van der Waals surface area contributed by atoms with Crippen molar-refractivity contribution in [1.29, 1.82) is 0 Å². The van der Waals surface area contributed by atoms with Crippen molar-refractivity contribution in [3.05, 3.63) is 54.0 Å². The number of furan rings is 1. The smallest absolute Gasteiger partial charge is 0.257 e. The van der Waals surface area contributed by atoms with Crippen LogP contribution >= 0.6 is 0 Å². The van der Waals surface area contributed by atoms with Crippen LogP contribution in [-0.4, -0.2) is 43.2 Å². The Bertz CT molecular complexity index is 623. The molecular formula is C17H19NO4. The van der Waals surface area contributed by atoms with Crippen LogP contribution in [-0.2, 0) is 4.74 Å². The van der Waals surface area contributed by atoms with E-state index < -0.39 is 0 Å². The summed E-state index contributed by atoms with van der Waals surface area (Å²) in [5.41, 5.74) is 0.615. The van der Waals surface area contributed by atoms with Crippen LogP contribution in [0.1, 0.15) is 16.1 Å². The van der Waals surface area contributed by atoms with E-state index in [0.29, 0.717) is 37.6 Å². The minimum absolute atomic E-state index is 0.0146. The normalized spacial score (nSPS) is 18.2. The van der Waals surface area contributed by atoms with Crippen LogP contribution in [0.3, 0.4) is 0 Å². The molecule has 2 heterocycles. The van der Waals surface area contributed by atoms with Gasteiger partial charge in [-0.05, 0) is 25.1 Å². The second-order valence-electron chi connectivity index (χ2n) is 5.26. The first-order valence-electron chi connectivity index (χ1n) is 7.37. The van der Waals surface area contributed by atoms with Crippen LogP contribution in [0.15, 0.2) is 47.1 Å². The molecule has 0 aliphatic carbocycles. The van der Waals surface area contributed by atoms with E-state index in [1.807, 2.05) is 30.3 Å². The predicted octanol–water partition coefficient (Wildman–Crippen LogP) is 2.51. The SMILES string of the molecule is Cc1occc1C(=O)N1CCO[C@H](COc2ccccc2)C1. The monoisotopic (exact) mass is 301 g/mol. The van der Waals surface area contributed by atoms with Gasteiger partial charge in [-0.1, -0.05) is 18.2 Å². The third-order valence-corrected chi connectivity index (χ3v) is 3.69. The molecule has 0 bridgehead atoms. The molecule has 1 fully saturated rings. The van der Waals surface area contributed by atoms with Gasteiger partial charge in [0.2, 0.25) is 0 Å². The van der Waals surface area contributed by atoms with Crippen LogP contribution in [0.2, 0.25) is 0 Å². The first kappa shape index (κ1) is 14.7. The second kappa shape index (κ2) is 6.66. The van der Waals surface area contributed by atoms with Gasteiger partial charge in [-0.25, -0.2) is 0 Å². The third-order valence-electron chi connectivity index (χ3n) is 3.69. The highest BCUT2D eigenvalue weighted by Crippen LogP contribution is 2.16. The number of carbonyl (C=O) groups excluding carboxylic acids is 1. The van der Waals surface area contributed by atoms with Gasteiger partial charge in [0.25, 0.3) is 5.91 Å². The third kappa shape index (κ3) is 3.31. The fraction of sp³-hybridized carbons (Fsp3) is 0.353. The molecule has 1 saturated heterocycles. The van der Waals surface area contributed by atoms with Crippen LogP contribution < -0.4 is 4.74 Å². The van der Waals surface area contributed by atoms with Crippen LogP contribution in [0.25, 0.3) is 0 Å². The molecular weight excluding hydrogens is 282 g/mol. The van der Waals surface area contributed by atoms with E-state index in [-0.39, 0.29) is 12.0 Å². The Hall–Kier alpha value is -2.27. The zero-order valence-electron chi connectivity index (χ0n) is 12.5. The zero-order valence-corrected chi connectivity index (χ0v) is 12.5. The fourth-order valence-electron chi connectivity index (χ4n) is 2.49. The van der Waals surface area contributed by atoms with Crippen molar-refractivity contribution in [2.45, 2.75) is 13.0 Å². The minimum atomic E-state index is -0.120. The molecule has 2 aromatic rings. The number of morpholine rings is 1. The molecule has 5 heteroatoms. The van der Waals surface area contributed by atoms with Crippen molar-refractivity contribution in [3.63, 3.8) is 0 Å². The van der Waals surface area contributed by atoms with Gasteiger partial charge < -0.3 is 18.8 Å². The summed E-state index contributed by atoms with van der Waals surface area (Å²) in [6.45, 7) is 3.86. The average Bonchev–Trinajstić information content (AvgIpc) is 2.99. The molecule has 1 aromatic carbocycles. The quantitative estimate of drug-likeness (QED) is 0.870. The average molecular weight is 301 g/mol. The maximum absolute atomic E-state index is 12.5. The van der Waals surface area contributed by atoms with Crippen molar-refractivity contribution < 1.29 is 18.7 Å². The van der Waals surface area contributed by atoms with Gasteiger partial charge in [0.05, 0.1) is 25.0 Å². The molecule has 1 aliphatic heterocycles. The van der Waals surface area contributed by atoms with Gasteiger partial charge in [0.1, 0.15) is 24.2 Å². The summed E-state index contributed by atoms with van der Waals surface area (Å²) in [6, 6.07) is 11.3. The second-order valence-corrected chi connectivity index (χ2v) is 5.26. The molecule has 5 nitrogen and oxygen atoms in total. The Balaban J connectivity index is 1.57. The van der Waals surface area contributed by atoms with Crippen LogP contribution in [0.4, 0.5) is 0 Å². The molecule has 0 radical (unpaired) electrons. The number of ether oxygens (including phenoxy) is 2. The Morgan fingerprint density at radius 1 is 1.32 bits per heavy atom. The number of hydrogen-bond acceptors (Lipinski definition) is 4. The molecule has 0 unspecified atom stereocenters. The molecule has 0 saturated carbocycles. The highest BCUT2D eigenvalue weighted by molar-refractivity contribution is 5.95. The molecule has 116 valence electrons. The van der Waals surface area contributed by atoms with E-state index in [1.165, 1.54) is 0 Å². The first-order chi connectivity index (χ1) is 10.7. The van der Waals surface area contributed by atoms with Gasteiger partial charge in [0.15, 0.2) is 0 Å². The van der Waals surface area contributed by atoms with Crippen molar-refractivity contribution in [3.8, 4) is 5.75 Å². The van der Waals surface area contributed by atoms with Gasteiger partial charge in [-0.3, -0.25) is 4.79 Å². The zero-order chi connectivity index (χ0) is 15.4. The maximum atomic E-state index is 12.5. The standard InChI is InChI=1S/C17H19NO4/c1-13-16(7-9-20-13)17(19)18-8-10-21-15(11-18)12-22-14-5-3-2-4-6-14/h2-7,9,15H,8,10-12H2,1H3/t15-/m0/s1. The highest BCUT2D eigenvalue weighted by atomic mass is 16.5. The summed E-state index contributed by atoms with van der Waals surface area (Å²) in [7, 11) is 0. The van der Waals surface area contributed by atoms with E-state index in [1.54, 1.807) is 24.2 Å². The van der Waals surface area contributed by atoms with E-state index in [2.05, 4.69) is 0 Å². The molecule has 22 heavy (non-hydrogen) atoms. The lowest BCUT2D eigenvalue weighted by Gasteiger charge is -2.32. The Morgan fingerprint density at radius 3 is 2.86 bits per heavy atom. The fourth-order valence-corrected chi connectivity index (χ4v) is 2.49. The van der Waals surface area contributed by atoms with Crippen molar-refractivity contribution in [2.75, 3.05) is 26.3 Å². The van der Waals surface area contributed by atoms with Gasteiger partial charge >= 0.3 is 0 Å². The van der Waals surface area contributed by atoms with E-state index in [0.717, 1.165) is 5.75 Å². The highest BCUT2D eigenvalue weighted by Gasteiger charge is 2.27. The number of rotatable bonds is 4. The molecule has 1 atom stereocenters. The molecule has 1 aromatic heterocycles. The summed E-state index contributed by atoms with van der Waals surface area (Å²) < 4.78 is 16.6. The lowest BCUT2D eigenvalue weighted by Crippen LogP contribution is -2.47. The van der Waals surface area contributed by atoms with Gasteiger partial charge in [-0.15, -0.1) is 0 Å². The minimum Gasteiger partial charge on any atom is -0.491 e. The van der Waals surface area contributed by atoms with Crippen LogP contribution in [0.5, 0.6) is 5.75 Å². The number of aryl methyl sites for hydroxylation is 1. The summed E-state index contributed by atoms with van der Waals surface area (Å²) in [6.07, 6.45) is 1.42. The van der Waals surface area contributed by atoms with E-state index in [9.17, 15) is 4.79 Å². The number of nitrogens with zero attached hydrogens (tertiary/aromatic N) is 1.